The summed E-state index contributed by atoms with van der Waals surface area (Å²) in [6.07, 6.45) is 0. The van der Waals surface area contributed by atoms with Crippen molar-refractivity contribution in [3.63, 3.8) is 0 Å². The smallest absolute Gasteiger partial charge is 0.245 e. The summed E-state index contributed by atoms with van der Waals surface area (Å²) in [6.45, 7) is 16.7. The number of aryl methyl sites for hydroxylation is 1. The number of carbonyl (C=O) groups excluding carboxylic acids is 2. The van der Waals surface area contributed by atoms with E-state index in [-0.39, 0.29) is 35.6 Å². The molecule has 164 valence electrons. The van der Waals surface area contributed by atoms with Gasteiger partial charge in [-0.1, -0.05) is 60.6 Å². The van der Waals surface area contributed by atoms with E-state index >= 15 is 0 Å². The number of anilines is 1. The molecular weight excluding hydrogens is 376 g/mol. The van der Waals surface area contributed by atoms with Crippen LogP contribution in [0.3, 0.4) is 0 Å². The Hall–Kier alpha value is -2.63. The van der Waals surface area contributed by atoms with Gasteiger partial charge in [0.2, 0.25) is 11.8 Å². The van der Waals surface area contributed by atoms with Gasteiger partial charge in [0.1, 0.15) is 5.82 Å². The van der Waals surface area contributed by atoms with Gasteiger partial charge in [-0.2, -0.15) is 5.10 Å². The standard InChI is InChI=1S/C24H36N4O2/c1-16(2)14-27(23(30)17(3)4)15-22(29)25-21-13-20(24(6,7)8)26-28(21)19-11-9-10-18(5)12-19/h9-13,16-17H,14-15H2,1-8H3,(H,25,29). The summed E-state index contributed by atoms with van der Waals surface area (Å²) < 4.78 is 1.77. The fourth-order valence-electron chi connectivity index (χ4n) is 3.19. The summed E-state index contributed by atoms with van der Waals surface area (Å²) in [4.78, 5) is 27.1. The summed E-state index contributed by atoms with van der Waals surface area (Å²) in [5, 5.41) is 7.74. The highest BCUT2D eigenvalue weighted by Crippen LogP contribution is 2.26. The number of aromatic nitrogens is 2. The molecule has 0 aliphatic heterocycles. The van der Waals surface area contributed by atoms with E-state index in [9.17, 15) is 9.59 Å². The third-order valence-corrected chi connectivity index (χ3v) is 4.72. The van der Waals surface area contributed by atoms with E-state index in [4.69, 9.17) is 5.10 Å². The fourth-order valence-corrected chi connectivity index (χ4v) is 3.19. The van der Waals surface area contributed by atoms with Gasteiger partial charge in [0.25, 0.3) is 0 Å². The summed E-state index contributed by atoms with van der Waals surface area (Å²) >= 11 is 0. The highest BCUT2D eigenvalue weighted by molar-refractivity contribution is 5.94. The average Bonchev–Trinajstić information content (AvgIpc) is 3.04. The zero-order chi connectivity index (χ0) is 22.6. The lowest BCUT2D eigenvalue weighted by atomic mass is 9.92. The van der Waals surface area contributed by atoms with Crippen LogP contribution < -0.4 is 5.32 Å². The first-order valence-corrected chi connectivity index (χ1v) is 10.6. The normalized spacial score (nSPS) is 11.8. The zero-order valence-electron chi connectivity index (χ0n) is 19.6. The van der Waals surface area contributed by atoms with Crippen molar-refractivity contribution in [3.05, 3.63) is 41.6 Å². The molecule has 2 aromatic rings. The molecule has 0 aliphatic carbocycles. The van der Waals surface area contributed by atoms with Gasteiger partial charge in [0.15, 0.2) is 0 Å². The molecule has 0 atom stereocenters. The Morgan fingerprint density at radius 3 is 2.33 bits per heavy atom. The van der Waals surface area contributed by atoms with Crippen molar-refractivity contribution in [2.75, 3.05) is 18.4 Å². The maximum Gasteiger partial charge on any atom is 0.245 e. The highest BCUT2D eigenvalue weighted by atomic mass is 16.2. The molecule has 0 bridgehead atoms. The molecule has 6 nitrogen and oxygen atoms in total. The lowest BCUT2D eigenvalue weighted by molar-refractivity contribution is -0.138. The number of hydrogen-bond acceptors (Lipinski definition) is 3. The summed E-state index contributed by atoms with van der Waals surface area (Å²) in [6, 6.07) is 9.91. The van der Waals surface area contributed by atoms with Crippen LogP contribution in [0, 0.1) is 18.8 Å². The Kier molecular flexibility index (Phi) is 7.45. The van der Waals surface area contributed by atoms with Gasteiger partial charge in [-0.3, -0.25) is 9.59 Å². The molecule has 1 aromatic carbocycles. The second kappa shape index (κ2) is 9.45. The monoisotopic (exact) mass is 412 g/mol. The van der Waals surface area contributed by atoms with Crippen LogP contribution >= 0.6 is 0 Å². The predicted molar refractivity (Wildman–Crippen MR) is 122 cm³/mol. The van der Waals surface area contributed by atoms with Crippen LogP contribution in [0.15, 0.2) is 30.3 Å². The van der Waals surface area contributed by atoms with E-state index in [1.165, 1.54) is 0 Å². The summed E-state index contributed by atoms with van der Waals surface area (Å²) in [5.74, 6) is 0.505. The van der Waals surface area contributed by atoms with Gasteiger partial charge in [0.05, 0.1) is 17.9 Å². The van der Waals surface area contributed by atoms with E-state index < -0.39 is 0 Å². The third kappa shape index (κ3) is 6.18. The van der Waals surface area contributed by atoms with Gasteiger partial charge < -0.3 is 10.2 Å². The second-order valence-corrected chi connectivity index (χ2v) is 9.73. The molecule has 0 saturated carbocycles. The van der Waals surface area contributed by atoms with Crippen LogP contribution in [0.4, 0.5) is 5.82 Å². The minimum Gasteiger partial charge on any atom is -0.333 e. The molecule has 1 aromatic heterocycles. The van der Waals surface area contributed by atoms with Crippen LogP contribution in [0.5, 0.6) is 0 Å². The molecule has 0 aliphatic rings. The van der Waals surface area contributed by atoms with Gasteiger partial charge >= 0.3 is 0 Å². The second-order valence-electron chi connectivity index (χ2n) is 9.73. The van der Waals surface area contributed by atoms with E-state index in [0.717, 1.165) is 16.9 Å². The Balaban J connectivity index is 2.32. The minimum absolute atomic E-state index is 0.0126. The number of carbonyl (C=O) groups is 2. The maximum atomic E-state index is 12.9. The van der Waals surface area contributed by atoms with E-state index in [1.807, 2.05) is 65.0 Å². The fraction of sp³-hybridized carbons (Fsp3) is 0.542. The molecule has 1 heterocycles. The number of nitrogens with one attached hydrogen (secondary N) is 1. The van der Waals surface area contributed by atoms with Crippen molar-refractivity contribution < 1.29 is 9.59 Å². The van der Waals surface area contributed by atoms with E-state index in [0.29, 0.717) is 12.4 Å². The van der Waals surface area contributed by atoms with Crippen molar-refractivity contribution >= 4 is 17.6 Å². The van der Waals surface area contributed by atoms with Crippen LogP contribution in [0.25, 0.3) is 5.69 Å². The van der Waals surface area contributed by atoms with Crippen LogP contribution in [-0.4, -0.2) is 39.6 Å². The Morgan fingerprint density at radius 2 is 1.80 bits per heavy atom. The van der Waals surface area contributed by atoms with Crippen molar-refractivity contribution in [3.8, 4) is 5.69 Å². The maximum absolute atomic E-state index is 12.9. The molecule has 0 saturated heterocycles. The largest absolute Gasteiger partial charge is 0.333 e. The molecule has 0 unspecified atom stereocenters. The third-order valence-electron chi connectivity index (χ3n) is 4.72. The number of hydrogen-bond donors (Lipinski definition) is 1. The molecule has 0 fully saturated rings. The molecule has 2 rings (SSSR count). The molecule has 0 spiro atoms. The van der Waals surface area contributed by atoms with Crippen molar-refractivity contribution in [1.29, 1.82) is 0 Å². The first-order valence-electron chi connectivity index (χ1n) is 10.6. The topological polar surface area (TPSA) is 67.2 Å². The van der Waals surface area contributed by atoms with Crippen molar-refractivity contribution in [2.45, 2.75) is 60.8 Å². The highest BCUT2D eigenvalue weighted by Gasteiger charge is 2.24. The van der Waals surface area contributed by atoms with Gasteiger partial charge in [0, 0.05) is 23.9 Å². The molecule has 1 N–H and O–H groups in total. The van der Waals surface area contributed by atoms with Gasteiger partial charge in [-0.25, -0.2) is 4.68 Å². The SMILES string of the molecule is Cc1cccc(-n2nc(C(C)(C)C)cc2NC(=O)CN(CC(C)C)C(=O)C(C)C)c1. The zero-order valence-corrected chi connectivity index (χ0v) is 19.6. The lowest BCUT2D eigenvalue weighted by Gasteiger charge is -2.25. The van der Waals surface area contributed by atoms with E-state index in [2.05, 4.69) is 26.1 Å². The van der Waals surface area contributed by atoms with Crippen LogP contribution in [0.1, 0.15) is 59.7 Å². The van der Waals surface area contributed by atoms with Gasteiger partial charge in [-0.05, 0) is 30.5 Å². The van der Waals surface area contributed by atoms with E-state index in [1.54, 1.807) is 9.58 Å². The summed E-state index contributed by atoms with van der Waals surface area (Å²) in [5.41, 5.74) is 2.73. The quantitative estimate of drug-likeness (QED) is 0.725. The average molecular weight is 413 g/mol. The number of rotatable bonds is 7. The first kappa shape index (κ1) is 23.6. The van der Waals surface area contributed by atoms with Gasteiger partial charge in [-0.15, -0.1) is 0 Å². The molecule has 2 amide bonds. The molecule has 30 heavy (non-hydrogen) atoms. The molecular formula is C24H36N4O2. The van der Waals surface area contributed by atoms with Crippen molar-refractivity contribution in [1.82, 2.24) is 14.7 Å². The van der Waals surface area contributed by atoms with Crippen molar-refractivity contribution in [2.24, 2.45) is 11.8 Å². The Morgan fingerprint density at radius 1 is 1.13 bits per heavy atom. The molecule has 0 radical (unpaired) electrons. The Labute approximate surface area is 180 Å². The number of benzene rings is 1. The minimum atomic E-state index is -0.223. The van der Waals surface area contributed by atoms with Crippen LogP contribution in [-0.2, 0) is 15.0 Å². The van der Waals surface area contributed by atoms with Crippen LogP contribution in [0.2, 0.25) is 0 Å². The number of nitrogens with zero attached hydrogens (tertiary/aromatic N) is 3. The first-order chi connectivity index (χ1) is 13.9. The molecule has 6 heteroatoms. The number of amides is 2. The predicted octanol–water partition coefficient (Wildman–Crippen LogP) is 4.56. The Bertz CT molecular complexity index is 891. The summed E-state index contributed by atoms with van der Waals surface area (Å²) in [7, 11) is 0. The lowest BCUT2D eigenvalue weighted by Crippen LogP contribution is -2.42.